The Kier molecular flexibility index (Phi) is 3.76. The van der Waals surface area contributed by atoms with Crippen LogP contribution >= 0.6 is 12.2 Å². The number of nitrogens with zero attached hydrogens (tertiary/aromatic N) is 1. The fourth-order valence-corrected chi connectivity index (χ4v) is 1.73. The van der Waals surface area contributed by atoms with Gasteiger partial charge in [-0.1, -0.05) is 12.2 Å². The fourth-order valence-electron chi connectivity index (χ4n) is 1.57. The molecule has 0 saturated heterocycles. The Morgan fingerprint density at radius 3 is 2.94 bits per heavy atom. The molecule has 0 aromatic carbocycles. The van der Waals surface area contributed by atoms with Crippen molar-refractivity contribution in [3.63, 3.8) is 0 Å². The summed E-state index contributed by atoms with van der Waals surface area (Å²) in [6, 6.07) is 3.59. The van der Waals surface area contributed by atoms with E-state index in [-0.39, 0.29) is 16.9 Å². The second kappa shape index (κ2) is 5.30. The minimum absolute atomic E-state index is 0.0183. The van der Waals surface area contributed by atoms with Crippen molar-refractivity contribution in [2.75, 3.05) is 5.32 Å². The molecule has 1 aromatic heterocycles. The zero-order chi connectivity index (χ0) is 13.1. The lowest BCUT2D eigenvalue weighted by atomic mass is 10.2. The lowest BCUT2D eigenvalue weighted by Gasteiger charge is -2.16. The van der Waals surface area contributed by atoms with Gasteiger partial charge in [-0.3, -0.25) is 9.78 Å². The van der Waals surface area contributed by atoms with Crippen molar-refractivity contribution < 1.29 is 4.79 Å². The summed E-state index contributed by atoms with van der Waals surface area (Å²) in [7, 11) is 0. The maximum Gasteiger partial charge on any atom is 0.242 e. The van der Waals surface area contributed by atoms with Gasteiger partial charge in [-0.15, -0.1) is 0 Å². The molecular weight excluding hydrogens is 248 g/mol. The van der Waals surface area contributed by atoms with Crippen LogP contribution < -0.4 is 16.4 Å². The van der Waals surface area contributed by atoms with E-state index < -0.39 is 0 Å². The summed E-state index contributed by atoms with van der Waals surface area (Å²) in [6.45, 7) is 1.80. The Morgan fingerprint density at radius 2 is 2.33 bits per heavy atom. The maximum atomic E-state index is 11.8. The van der Waals surface area contributed by atoms with Gasteiger partial charge in [0.2, 0.25) is 5.91 Å². The van der Waals surface area contributed by atoms with Crippen LogP contribution in [0.1, 0.15) is 25.5 Å². The van der Waals surface area contributed by atoms with Gasteiger partial charge in [0.25, 0.3) is 0 Å². The standard InChI is InChI=1S/C12H16N4OS/c1-7(12(17)16-8-4-5-8)15-9-3-2-6-14-10(9)11(13)18/h2-3,6-8,15H,4-5H2,1H3,(H2,13,18)(H,16,17). The Morgan fingerprint density at radius 1 is 1.61 bits per heavy atom. The Balaban J connectivity index is 2.03. The van der Waals surface area contributed by atoms with Gasteiger partial charge in [0, 0.05) is 12.2 Å². The largest absolute Gasteiger partial charge is 0.388 e. The highest BCUT2D eigenvalue weighted by molar-refractivity contribution is 7.80. The second-order valence-corrected chi connectivity index (χ2v) is 4.85. The van der Waals surface area contributed by atoms with E-state index in [1.165, 1.54) is 0 Å². The molecule has 0 aliphatic heterocycles. The minimum atomic E-state index is -0.345. The van der Waals surface area contributed by atoms with Gasteiger partial charge in [-0.25, -0.2) is 0 Å². The molecule has 0 spiro atoms. The van der Waals surface area contributed by atoms with Crippen molar-refractivity contribution in [3.8, 4) is 0 Å². The SMILES string of the molecule is CC(Nc1cccnc1C(N)=S)C(=O)NC1CC1. The predicted octanol–water partition coefficient (Wildman–Crippen LogP) is 0.795. The van der Waals surface area contributed by atoms with Crippen LogP contribution in [-0.2, 0) is 4.79 Å². The molecule has 0 bridgehead atoms. The van der Waals surface area contributed by atoms with Gasteiger partial charge < -0.3 is 16.4 Å². The van der Waals surface area contributed by atoms with Gasteiger partial charge in [0.15, 0.2) is 0 Å². The van der Waals surface area contributed by atoms with Crippen LogP contribution in [0.5, 0.6) is 0 Å². The molecule has 1 aromatic rings. The number of pyridine rings is 1. The van der Waals surface area contributed by atoms with Crippen LogP contribution in [0.3, 0.4) is 0 Å². The van der Waals surface area contributed by atoms with E-state index in [0.29, 0.717) is 17.4 Å². The van der Waals surface area contributed by atoms with Crippen molar-refractivity contribution in [2.24, 2.45) is 5.73 Å². The number of thiocarbonyl (C=S) groups is 1. The number of amides is 1. The van der Waals surface area contributed by atoms with Gasteiger partial charge in [-0.05, 0) is 31.9 Å². The molecule has 1 fully saturated rings. The Bertz CT molecular complexity index is 473. The van der Waals surface area contributed by atoms with Gasteiger partial charge in [0.1, 0.15) is 16.7 Å². The normalized spacial score (nSPS) is 15.8. The minimum Gasteiger partial charge on any atom is -0.388 e. The third-order valence-electron chi connectivity index (χ3n) is 2.73. The number of hydrogen-bond donors (Lipinski definition) is 3. The van der Waals surface area contributed by atoms with E-state index >= 15 is 0 Å². The lowest BCUT2D eigenvalue weighted by molar-refractivity contribution is -0.121. The van der Waals surface area contributed by atoms with Crippen LogP contribution in [0, 0.1) is 0 Å². The van der Waals surface area contributed by atoms with E-state index in [9.17, 15) is 4.79 Å². The van der Waals surface area contributed by atoms with Crippen LogP contribution in [0.15, 0.2) is 18.3 Å². The molecule has 4 N–H and O–H groups in total. The molecule has 18 heavy (non-hydrogen) atoms. The number of rotatable bonds is 5. The second-order valence-electron chi connectivity index (χ2n) is 4.41. The molecular formula is C12H16N4OS. The number of anilines is 1. The highest BCUT2D eigenvalue weighted by Crippen LogP contribution is 2.19. The molecule has 0 radical (unpaired) electrons. The zero-order valence-electron chi connectivity index (χ0n) is 10.1. The molecule has 6 heteroatoms. The number of nitrogens with one attached hydrogen (secondary N) is 2. The van der Waals surface area contributed by atoms with Crippen LogP contribution in [0.2, 0.25) is 0 Å². The number of aromatic nitrogens is 1. The van der Waals surface area contributed by atoms with E-state index in [4.69, 9.17) is 18.0 Å². The number of hydrogen-bond acceptors (Lipinski definition) is 4. The summed E-state index contributed by atoms with van der Waals surface area (Å²) in [6.07, 6.45) is 3.77. The van der Waals surface area contributed by atoms with E-state index in [1.54, 1.807) is 19.2 Å². The predicted molar refractivity (Wildman–Crippen MR) is 74.4 cm³/mol. The molecule has 1 aliphatic rings. The van der Waals surface area contributed by atoms with Crippen molar-refractivity contribution in [1.29, 1.82) is 0 Å². The Labute approximate surface area is 111 Å². The summed E-state index contributed by atoms with van der Waals surface area (Å²) in [5, 5.41) is 6.02. The summed E-state index contributed by atoms with van der Waals surface area (Å²) in [4.78, 5) is 16.1. The lowest BCUT2D eigenvalue weighted by Crippen LogP contribution is -2.39. The first-order valence-corrected chi connectivity index (χ1v) is 6.30. The first kappa shape index (κ1) is 12.8. The quantitative estimate of drug-likeness (QED) is 0.685. The fraction of sp³-hybridized carbons (Fsp3) is 0.417. The van der Waals surface area contributed by atoms with Crippen molar-refractivity contribution in [2.45, 2.75) is 31.8 Å². The highest BCUT2D eigenvalue weighted by Gasteiger charge is 2.25. The molecule has 1 unspecified atom stereocenters. The molecule has 1 amide bonds. The summed E-state index contributed by atoms with van der Waals surface area (Å²) in [5.74, 6) is -0.0183. The van der Waals surface area contributed by atoms with Gasteiger partial charge in [-0.2, -0.15) is 0 Å². The summed E-state index contributed by atoms with van der Waals surface area (Å²) >= 11 is 4.92. The summed E-state index contributed by atoms with van der Waals surface area (Å²) < 4.78 is 0. The van der Waals surface area contributed by atoms with Gasteiger partial charge in [0.05, 0.1) is 5.69 Å². The number of carbonyl (C=O) groups is 1. The molecule has 2 rings (SSSR count). The number of nitrogens with two attached hydrogens (primary N) is 1. The van der Waals surface area contributed by atoms with Crippen LogP contribution in [0.4, 0.5) is 5.69 Å². The van der Waals surface area contributed by atoms with Crippen LogP contribution in [0.25, 0.3) is 0 Å². The monoisotopic (exact) mass is 264 g/mol. The summed E-state index contributed by atoms with van der Waals surface area (Å²) in [5.41, 5.74) is 6.78. The smallest absolute Gasteiger partial charge is 0.242 e. The van der Waals surface area contributed by atoms with Crippen molar-refractivity contribution >= 4 is 28.8 Å². The van der Waals surface area contributed by atoms with Gasteiger partial charge >= 0.3 is 0 Å². The molecule has 1 saturated carbocycles. The average molecular weight is 264 g/mol. The average Bonchev–Trinajstić information content (AvgIpc) is 3.13. The van der Waals surface area contributed by atoms with E-state index in [0.717, 1.165) is 12.8 Å². The highest BCUT2D eigenvalue weighted by atomic mass is 32.1. The first-order chi connectivity index (χ1) is 8.58. The van der Waals surface area contributed by atoms with Crippen LogP contribution in [-0.4, -0.2) is 28.0 Å². The van der Waals surface area contributed by atoms with Crippen molar-refractivity contribution in [3.05, 3.63) is 24.0 Å². The molecule has 1 aliphatic carbocycles. The zero-order valence-corrected chi connectivity index (χ0v) is 11.0. The molecule has 1 heterocycles. The topological polar surface area (TPSA) is 80.0 Å². The van der Waals surface area contributed by atoms with E-state index in [1.807, 2.05) is 6.07 Å². The van der Waals surface area contributed by atoms with Crippen molar-refractivity contribution in [1.82, 2.24) is 10.3 Å². The van der Waals surface area contributed by atoms with E-state index in [2.05, 4.69) is 15.6 Å². The third kappa shape index (κ3) is 3.16. The first-order valence-electron chi connectivity index (χ1n) is 5.89. The number of carbonyl (C=O) groups excluding carboxylic acids is 1. The maximum absolute atomic E-state index is 11.8. The molecule has 1 atom stereocenters. The molecule has 5 nitrogen and oxygen atoms in total. The molecule has 96 valence electrons. The third-order valence-corrected chi connectivity index (χ3v) is 2.92. The Hall–Kier alpha value is -1.69.